The molecule has 0 aliphatic carbocycles. The summed E-state index contributed by atoms with van der Waals surface area (Å²) >= 11 is 0. The number of rotatable bonds is 4. The minimum Gasteiger partial charge on any atom is -0.473 e. The third kappa shape index (κ3) is 6.92. The number of nitrogens with zero attached hydrogens (tertiary/aromatic N) is 3. The molecule has 3 atom stereocenters. The Bertz CT molecular complexity index is 1490. The Kier molecular flexibility index (Phi) is 8.18. The lowest BCUT2D eigenvalue weighted by Gasteiger charge is -2.37. The highest BCUT2D eigenvalue weighted by Crippen LogP contribution is 2.38. The fraction of sp³-hybridized carbons (Fsp3) is 0.515. The van der Waals surface area contributed by atoms with Gasteiger partial charge in [-0.15, -0.1) is 0 Å². The molecule has 0 spiro atoms. The quantitative estimate of drug-likeness (QED) is 0.361. The van der Waals surface area contributed by atoms with E-state index in [9.17, 15) is 8.42 Å². The van der Waals surface area contributed by atoms with E-state index in [0.29, 0.717) is 23.5 Å². The predicted octanol–water partition coefficient (Wildman–Crippen LogP) is 6.96. The molecule has 1 fully saturated rings. The summed E-state index contributed by atoms with van der Waals surface area (Å²) in [5, 5.41) is 0. The zero-order valence-corrected chi connectivity index (χ0v) is 26.3. The van der Waals surface area contributed by atoms with Crippen LogP contribution in [0, 0.1) is 25.2 Å². The van der Waals surface area contributed by atoms with E-state index in [1.807, 2.05) is 50.2 Å². The molecule has 1 unspecified atom stereocenters. The van der Waals surface area contributed by atoms with E-state index in [-0.39, 0.29) is 28.3 Å². The lowest BCUT2D eigenvalue weighted by atomic mass is 9.86. The number of aromatic nitrogens is 2. The van der Waals surface area contributed by atoms with Crippen molar-refractivity contribution in [2.24, 2.45) is 11.3 Å². The van der Waals surface area contributed by atoms with Gasteiger partial charge in [-0.05, 0) is 79.2 Å². The van der Waals surface area contributed by atoms with Crippen molar-refractivity contribution in [3.63, 3.8) is 0 Å². The molecule has 1 aromatic heterocycles. The first-order valence-electron chi connectivity index (χ1n) is 14.8. The second kappa shape index (κ2) is 11.4. The number of ether oxygens (including phenoxy) is 1. The first kappa shape index (κ1) is 29.5. The fourth-order valence-corrected chi connectivity index (χ4v) is 7.49. The molecule has 2 aliphatic rings. The molecule has 1 N–H and O–H groups in total. The summed E-state index contributed by atoms with van der Waals surface area (Å²) < 4.78 is 36.6. The topological polar surface area (TPSA) is 84.4 Å². The van der Waals surface area contributed by atoms with Crippen LogP contribution >= 0.6 is 0 Å². The zero-order chi connectivity index (χ0) is 29.5. The minimum absolute atomic E-state index is 0.0144. The largest absolute Gasteiger partial charge is 0.473 e. The molecule has 3 aromatic rings. The molecule has 0 radical (unpaired) electrons. The summed E-state index contributed by atoms with van der Waals surface area (Å²) in [6.45, 7) is 17.2. The number of hydrogen-bond acceptors (Lipinski definition) is 6. The molecule has 3 heterocycles. The summed E-state index contributed by atoms with van der Waals surface area (Å²) in [6.07, 6.45) is 2.69. The van der Waals surface area contributed by atoms with Gasteiger partial charge in [-0.1, -0.05) is 65.0 Å². The van der Waals surface area contributed by atoms with Crippen LogP contribution in [0.5, 0.6) is 5.88 Å². The first-order valence-corrected chi connectivity index (χ1v) is 16.2. The zero-order valence-electron chi connectivity index (χ0n) is 25.4. The van der Waals surface area contributed by atoms with Crippen LogP contribution in [0.1, 0.15) is 76.5 Å². The highest BCUT2D eigenvalue weighted by molar-refractivity contribution is 7.92. The molecule has 1 saturated heterocycles. The lowest BCUT2D eigenvalue weighted by Crippen LogP contribution is -2.44. The molecular formula is C33H44N4O3S. The molecule has 0 amide bonds. The standard InChI is InChI=1S/C33H44N4O3S/c1-21(2)14-26-15-25-16-27(19-37(26)20-33(5,6)7)40-30-18-29(31-22(3)10-8-11-23(31)4)34-32(35-30)36-41(38,39)28-13-9-12-24(25)17-28/h8-13,17-18,21,25-27H,14-16,19-20H2,1-7H3,(H,34,35,36)/t25?,26-,27-/m0/s1. The third-order valence-electron chi connectivity index (χ3n) is 8.07. The fourth-order valence-electron chi connectivity index (χ4n) is 6.49. The molecule has 5 rings (SSSR count). The van der Waals surface area contributed by atoms with E-state index in [4.69, 9.17) is 4.74 Å². The van der Waals surface area contributed by atoms with Gasteiger partial charge >= 0.3 is 0 Å². The third-order valence-corrected chi connectivity index (χ3v) is 9.40. The van der Waals surface area contributed by atoms with E-state index in [1.54, 1.807) is 6.07 Å². The Labute approximate surface area is 245 Å². The average Bonchev–Trinajstić information content (AvgIpc) is 3.00. The Hall–Kier alpha value is -2.97. The Morgan fingerprint density at radius 2 is 1.73 bits per heavy atom. The van der Waals surface area contributed by atoms with Crippen molar-refractivity contribution in [1.29, 1.82) is 0 Å². The summed E-state index contributed by atoms with van der Waals surface area (Å²) in [4.78, 5) is 12.1. The van der Waals surface area contributed by atoms with Gasteiger partial charge < -0.3 is 4.74 Å². The van der Waals surface area contributed by atoms with Crippen LogP contribution in [0.2, 0.25) is 0 Å². The van der Waals surface area contributed by atoms with Crippen molar-refractivity contribution in [1.82, 2.24) is 14.9 Å². The summed E-state index contributed by atoms with van der Waals surface area (Å²) in [5.41, 5.74) is 4.87. The van der Waals surface area contributed by atoms with Crippen LogP contribution < -0.4 is 9.46 Å². The smallest absolute Gasteiger partial charge is 0.264 e. The van der Waals surface area contributed by atoms with E-state index in [1.165, 1.54) is 0 Å². The first-order chi connectivity index (χ1) is 19.3. The van der Waals surface area contributed by atoms with Crippen LogP contribution in [0.4, 0.5) is 5.95 Å². The average molecular weight is 577 g/mol. The molecular weight excluding hydrogens is 532 g/mol. The number of likely N-dealkylation sites (tertiary alicyclic amines) is 1. The monoisotopic (exact) mass is 576 g/mol. The van der Waals surface area contributed by atoms with Gasteiger partial charge in [-0.2, -0.15) is 4.98 Å². The molecule has 0 saturated carbocycles. The summed E-state index contributed by atoms with van der Waals surface area (Å²) in [6, 6.07) is 15.7. The van der Waals surface area contributed by atoms with Crippen molar-refractivity contribution in [3.8, 4) is 17.1 Å². The molecule has 7 nitrogen and oxygen atoms in total. The van der Waals surface area contributed by atoms with Crippen molar-refractivity contribution in [2.75, 3.05) is 17.8 Å². The number of sulfonamides is 1. The van der Waals surface area contributed by atoms with Gasteiger partial charge in [0.1, 0.15) is 6.10 Å². The van der Waals surface area contributed by atoms with Gasteiger partial charge in [0.2, 0.25) is 11.8 Å². The van der Waals surface area contributed by atoms with Crippen LogP contribution in [0.15, 0.2) is 53.4 Å². The number of benzene rings is 2. The number of hydrogen-bond donors (Lipinski definition) is 1. The number of anilines is 1. The van der Waals surface area contributed by atoms with E-state index >= 15 is 0 Å². The van der Waals surface area contributed by atoms with E-state index in [0.717, 1.165) is 54.6 Å². The van der Waals surface area contributed by atoms with Gasteiger partial charge in [0.05, 0.1) is 10.6 Å². The Morgan fingerprint density at radius 3 is 2.41 bits per heavy atom. The number of nitrogens with one attached hydrogen (secondary N) is 1. The van der Waals surface area contributed by atoms with Crippen molar-refractivity contribution >= 4 is 16.0 Å². The maximum absolute atomic E-state index is 13.6. The van der Waals surface area contributed by atoms with Crippen molar-refractivity contribution < 1.29 is 13.2 Å². The second-order valence-electron chi connectivity index (χ2n) is 13.5. The summed E-state index contributed by atoms with van der Waals surface area (Å²) in [7, 11) is -3.91. The van der Waals surface area contributed by atoms with Gasteiger partial charge in [0, 0.05) is 30.8 Å². The molecule has 8 heteroatoms. The molecule has 6 bridgehead atoms. The van der Waals surface area contributed by atoms with E-state index < -0.39 is 10.0 Å². The second-order valence-corrected chi connectivity index (χ2v) is 15.2. The lowest BCUT2D eigenvalue weighted by molar-refractivity contribution is 0.0786. The van der Waals surface area contributed by atoms with Crippen LogP contribution in [-0.2, 0) is 10.0 Å². The van der Waals surface area contributed by atoms with Gasteiger partial charge in [0.25, 0.3) is 10.0 Å². The van der Waals surface area contributed by atoms with Gasteiger partial charge in [-0.25, -0.2) is 18.1 Å². The molecule has 2 aliphatic heterocycles. The van der Waals surface area contributed by atoms with Crippen LogP contribution in [0.25, 0.3) is 11.3 Å². The summed E-state index contributed by atoms with van der Waals surface area (Å²) in [5.74, 6) is 1.10. The van der Waals surface area contributed by atoms with E-state index in [2.05, 4.69) is 60.3 Å². The normalized spacial score (nSPS) is 22.6. The highest BCUT2D eigenvalue weighted by Gasteiger charge is 2.36. The Morgan fingerprint density at radius 1 is 1.02 bits per heavy atom. The van der Waals surface area contributed by atoms with Crippen LogP contribution in [0.3, 0.4) is 0 Å². The SMILES string of the molecule is Cc1cccc(C)c1-c1cc2nc(n1)NS(=O)(=O)c1cccc(c1)C1C[C@@H](CN(CC(C)(C)C)[C@@H](CC(C)C)C1)O2. The highest BCUT2D eigenvalue weighted by atomic mass is 32.2. The van der Waals surface area contributed by atoms with Crippen LogP contribution in [-0.4, -0.2) is 48.5 Å². The molecule has 41 heavy (non-hydrogen) atoms. The van der Waals surface area contributed by atoms with Gasteiger partial charge in [0.15, 0.2) is 0 Å². The van der Waals surface area contributed by atoms with Crippen molar-refractivity contribution in [2.45, 2.75) is 90.7 Å². The van der Waals surface area contributed by atoms with Gasteiger partial charge in [-0.3, -0.25) is 4.90 Å². The van der Waals surface area contributed by atoms with Crippen molar-refractivity contribution in [3.05, 3.63) is 65.2 Å². The predicted molar refractivity (Wildman–Crippen MR) is 165 cm³/mol. The minimum atomic E-state index is -3.91. The molecule has 2 aromatic carbocycles. The maximum atomic E-state index is 13.6. The number of fused-ring (bicyclic) bond motifs is 7. The maximum Gasteiger partial charge on any atom is 0.264 e. The number of aryl methyl sites for hydroxylation is 2. The Balaban J connectivity index is 1.66. The molecule has 220 valence electrons.